The van der Waals surface area contributed by atoms with Crippen LogP contribution in [0.2, 0.25) is 0 Å². The van der Waals surface area contributed by atoms with Gasteiger partial charge in [0.15, 0.2) is 6.10 Å². The van der Waals surface area contributed by atoms with Gasteiger partial charge in [-0.2, -0.15) is 0 Å². The van der Waals surface area contributed by atoms with Crippen LogP contribution in [0.1, 0.15) is 328 Å². The summed E-state index contributed by atoms with van der Waals surface area (Å²) in [6, 6.07) is 0. The molecule has 0 radical (unpaired) electrons. The predicted molar refractivity (Wildman–Crippen MR) is 301 cm³/mol. The Morgan fingerprint density at radius 1 is 0.380 bits per heavy atom. The van der Waals surface area contributed by atoms with Gasteiger partial charge in [-0.15, -0.1) is 0 Å². The summed E-state index contributed by atoms with van der Waals surface area (Å²) in [4.78, 5) is 37.7. The number of phosphoric acid groups is 1. The molecule has 0 aliphatic carbocycles. The highest BCUT2D eigenvalue weighted by atomic mass is 31.2. The average Bonchev–Trinajstić information content (AvgIpc) is 3.33. The molecule has 2 unspecified atom stereocenters. The molecule has 424 valence electrons. The highest BCUT2D eigenvalue weighted by molar-refractivity contribution is 7.45. The monoisotopic (exact) mass is 1030 g/mol. The Hall–Kier alpha value is -0.990. The molecule has 0 aromatic carbocycles. The van der Waals surface area contributed by atoms with Gasteiger partial charge < -0.3 is 27.9 Å². The lowest BCUT2D eigenvalue weighted by molar-refractivity contribution is -0.870. The number of ether oxygens (including phenoxy) is 2. The SMILES string of the molecule is CCCCCCCCCCCCCCCCCCCCCCCCCCCCCCCCCCCCCCC(=O)OC(COC(=O)CCCCCCCCCCCCC)COP(=O)([O-])OCC[N+](C)(C)C. The molecule has 71 heavy (non-hydrogen) atoms. The molecule has 10 heteroatoms. The topological polar surface area (TPSA) is 111 Å². The van der Waals surface area contributed by atoms with Crippen molar-refractivity contribution < 1.29 is 42.1 Å². The van der Waals surface area contributed by atoms with E-state index in [4.69, 9.17) is 18.5 Å². The van der Waals surface area contributed by atoms with Crippen molar-refractivity contribution in [2.75, 3.05) is 47.5 Å². The van der Waals surface area contributed by atoms with E-state index in [1.165, 1.54) is 263 Å². The maximum atomic E-state index is 12.8. The molecule has 0 aliphatic rings. The van der Waals surface area contributed by atoms with E-state index in [0.717, 1.165) is 32.1 Å². The normalized spacial score (nSPS) is 13.2. The highest BCUT2D eigenvalue weighted by Gasteiger charge is 2.22. The third-order valence-corrected chi connectivity index (χ3v) is 15.3. The first kappa shape index (κ1) is 70.0. The van der Waals surface area contributed by atoms with Crippen molar-refractivity contribution in [1.82, 2.24) is 0 Å². The second-order valence-corrected chi connectivity index (χ2v) is 24.2. The van der Waals surface area contributed by atoms with Gasteiger partial charge in [0.1, 0.15) is 19.8 Å². The number of phosphoric ester groups is 1. The molecule has 0 saturated carbocycles. The number of carbonyl (C=O) groups is 2. The van der Waals surface area contributed by atoms with Gasteiger partial charge in [-0.1, -0.05) is 303 Å². The summed E-state index contributed by atoms with van der Waals surface area (Å²) in [5, 5.41) is 0. The minimum atomic E-state index is -4.62. The van der Waals surface area contributed by atoms with Gasteiger partial charge in [-0.05, 0) is 12.8 Å². The number of hydrogen-bond acceptors (Lipinski definition) is 8. The quantitative estimate of drug-likeness (QED) is 0.0256. The van der Waals surface area contributed by atoms with Gasteiger partial charge in [0, 0.05) is 12.8 Å². The average molecular weight is 1030 g/mol. The number of esters is 2. The predicted octanol–water partition coefficient (Wildman–Crippen LogP) is 18.8. The summed E-state index contributed by atoms with van der Waals surface area (Å²) in [7, 11) is 1.19. The third kappa shape index (κ3) is 58.1. The van der Waals surface area contributed by atoms with Crippen molar-refractivity contribution in [2.45, 2.75) is 335 Å². The second kappa shape index (κ2) is 53.8. The van der Waals surface area contributed by atoms with E-state index in [1.54, 1.807) is 0 Å². The number of nitrogens with zero attached hydrogens (tertiary/aromatic N) is 1. The molecule has 9 nitrogen and oxygen atoms in total. The standard InChI is InChI=1S/C61H122NO8P/c1-6-8-10-12-14-16-18-19-20-21-22-23-24-25-26-27-28-29-30-31-32-33-34-35-36-37-38-39-40-41-42-44-46-48-50-52-54-61(64)70-59(58-69-71(65,66)68-56-55-62(3,4)5)57-67-60(63)53-51-49-47-45-43-17-15-13-11-9-7-2/h59H,6-58H2,1-5H3. The summed E-state index contributed by atoms with van der Waals surface area (Å²) in [5.74, 6) is -0.814. The third-order valence-electron chi connectivity index (χ3n) is 14.4. The Balaban J connectivity index is 3.84. The maximum absolute atomic E-state index is 12.8. The Morgan fingerprint density at radius 3 is 0.901 bits per heavy atom. The molecular formula is C61H122NO8P. The molecule has 2 atom stereocenters. The number of likely N-dealkylation sites (N-methyl/N-ethyl adjacent to an activating group) is 1. The first-order valence-corrected chi connectivity index (χ1v) is 32.7. The fraction of sp³-hybridized carbons (Fsp3) is 0.967. The van der Waals surface area contributed by atoms with Crippen molar-refractivity contribution in [3.8, 4) is 0 Å². The molecule has 0 aliphatic heterocycles. The van der Waals surface area contributed by atoms with Crippen molar-refractivity contribution in [1.29, 1.82) is 0 Å². The summed E-state index contributed by atoms with van der Waals surface area (Å²) >= 11 is 0. The zero-order chi connectivity index (χ0) is 52.0. The Kier molecular flexibility index (Phi) is 53.1. The van der Waals surface area contributed by atoms with E-state index in [0.29, 0.717) is 17.4 Å². The summed E-state index contributed by atoms with van der Waals surface area (Å²) < 4.78 is 34.1. The Labute approximate surface area is 442 Å². The van der Waals surface area contributed by atoms with Gasteiger partial charge in [0.2, 0.25) is 0 Å². The summed E-state index contributed by atoms with van der Waals surface area (Å²) in [6.07, 6.45) is 62.0. The van der Waals surface area contributed by atoms with Crippen LogP contribution in [0.15, 0.2) is 0 Å². The zero-order valence-electron chi connectivity index (χ0n) is 48.2. The number of carbonyl (C=O) groups excluding carboxylic acids is 2. The Bertz CT molecular complexity index is 1160. The zero-order valence-corrected chi connectivity index (χ0v) is 49.1. The number of hydrogen-bond donors (Lipinski definition) is 0. The molecule has 0 fully saturated rings. The molecular weight excluding hydrogens is 906 g/mol. The first-order valence-electron chi connectivity index (χ1n) is 31.2. The van der Waals surface area contributed by atoms with Gasteiger partial charge >= 0.3 is 11.9 Å². The first-order chi connectivity index (χ1) is 34.5. The van der Waals surface area contributed by atoms with Crippen molar-refractivity contribution in [3.05, 3.63) is 0 Å². The fourth-order valence-corrected chi connectivity index (χ4v) is 10.3. The molecule has 0 heterocycles. The fourth-order valence-electron chi connectivity index (χ4n) is 9.54. The van der Waals surface area contributed by atoms with Crippen molar-refractivity contribution in [3.63, 3.8) is 0 Å². The molecule has 0 saturated heterocycles. The molecule has 0 spiro atoms. The largest absolute Gasteiger partial charge is 0.756 e. The van der Waals surface area contributed by atoms with Crippen LogP contribution in [0.4, 0.5) is 0 Å². The molecule has 0 amide bonds. The van der Waals surface area contributed by atoms with Crippen LogP contribution in [0.5, 0.6) is 0 Å². The van der Waals surface area contributed by atoms with E-state index in [-0.39, 0.29) is 32.0 Å². The van der Waals surface area contributed by atoms with E-state index in [9.17, 15) is 19.0 Å². The van der Waals surface area contributed by atoms with Gasteiger partial charge in [0.25, 0.3) is 7.82 Å². The molecule has 0 aromatic heterocycles. The smallest absolute Gasteiger partial charge is 0.306 e. The second-order valence-electron chi connectivity index (χ2n) is 22.8. The minimum Gasteiger partial charge on any atom is -0.756 e. The lowest BCUT2D eigenvalue weighted by Gasteiger charge is -2.28. The van der Waals surface area contributed by atoms with Gasteiger partial charge in [-0.25, -0.2) is 0 Å². The molecule has 0 N–H and O–H groups in total. The lowest BCUT2D eigenvalue weighted by Crippen LogP contribution is -2.37. The van der Waals surface area contributed by atoms with Crippen LogP contribution in [-0.2, 0) is 32.7 Å². The molecule has 0 aromatic rings. The Morgan fingerprint density at radius 2 is 0.634 bits per heavy atom. The molecule has 0 bridgehead atoms. The van der Waals surface area contributed by atoms with Crippen LogP contribution >= 0.6 is 7.82 Å². The number of quaternary nitrogens is 1. The molecule has 0 rings (SSSR count). The lowest BCUT2D eigenvalue weighted by atomic mass is 10.0. The number of rotatable bonds is 59. The van der Waals surface area contributed by atoms with Crippen LogP contribution in [-0.4, -0.2) is 70.0 Å². The van der Waals surface area contributed by atoms with Gasteiger partial charge in [0.05, 0.1) is 27.7 Å². The van der Waals surface area contributed by atoms with E-state index in [1.807, 2.05) is 21.1 Å². The highest BCUT2D eigenvalue weighted by Crippen LogP contribution is 2.38. The van der Waals surface area contributed by atoms with Crippen LogP contribution in [0, 0.1) is 0 Å². The van der Waals surface area contributed by atoms with E-state index >= 15 is 0 Å². The summed E-state index contributed by atoms with van der Waals surface area (Å²) in [5.41, 5.74) is 0. The van der Waals surface area contributed by atoms with Crippen molar-refractivity contribution >= 4 is 19.8 Å². The summed E-state index contributed by atoms with van der Waals surface area (Å²) in [6.45, 7) is 4.29. The van der Waals surface area contributed by atoms with E-state index in [2.05, 4.69) is 13.8 Å². The number of unbranched alkanes of at least 4 members (excludes halogenated alkanes) is 45. The van der Waals surface area contributed by atoms with Crippen molar-refractivity contribution in [2.24, 2.45) is 0 Å². The maximum Gasteiger partial charge on any atom is 0.306 e. The van der Waals surface area contributed by atoms with Crippen LogP contribution in [0.25, 0.3) is 0 Å². The minimum absolute atomic E-state index is 0.0254. The van der Waals surface area contributed by atoms with E-state index < -0.39 is 26.5 Å². The van der Waals surface area contributed by atoms with Crippen LogP contribution in [0.3, 0.4) is 0 Å². The van der Waals surface area contributed by atoms with Gasteiger partial charge in [-0.3, -0.25) is 14.2 Å². The van der Waals surface area contributed by atoms with Crippen LogP contribution < -0.4 is 4.89 Å².